The van der Waals surface area contributed by atoms with E-state index in [2.05, 4.69) is 15.6 Å². The Hall–Kier alpha value is -2.02. The van der Waals surface area contributed by atoms with Crippen LogP contribution in [0.25, 0.3) is 10.9 Å². The number of hydrogen-bond acceptors (Lipinski definition) is 3. The van der Waals surface area contributed by atoms with E-state index in [0.717, 1.165) is 16.6 Å². The Morgan fingerprint density at radius 1 is 1.27 bits per heavy atom. The number of aromatic nitrogens is 1. The van der Waals surface area contributed by atoms with E-state index in [1.54, 1.807) is 0 Å². The zero-order valence-electron chi connectivity index (χ0n) is 12.1. The van der Waals surface area contributed by atoms with Gasteiger partial charge in [-0.25, -0.2) is 13.2 Å². The fraction of sp³-hybridized carbons (Fsp3) is 0.400. The van der Waals surface area contributed by atoms with Crippen molar-refractivity contribution < 1.29 is 13.2 Å². The van der Waals surface area contributed by atoms with Crippen molar-refractivity contribution in [3.8, 4) is 0 Å². The number of nitrogens with one attached hydrogen (secondary N) is 3. The van der Waals surface area contributed by atoms with Gasteiger partial charge < -0.3 is 15.6 Å². The summed E-state index contributed by atoms with van der Waals surface area (Å²) in [6.07, 6.45) is 0.630. The van der Waals surface area contributed by atoms with Gasteiger partial charge in [-0.2, -0.15) is 0 Å². The zero-order valence-corrected chi connectivity index (χ0v) is 12.9. The molecule has 2 amide bonds. The van der Waals surface area contributed by atoms with Crippen molar-refractivity contribution >= 4 is 26.8 Å². The molecule has 1 aromatic heterocycles. The van der Waals surface area contributed by atoms with Crippen LogP contribution in [0.2, 0.25) is 0 Å². The third-order valence-corrected chi connectivity index (χ3v) is 5.74. The Balaban J connectivity index is 1.46. The van der Waals surface area contributed by atoms with Gasteiger partial charge >= 0.3 is 6.03 Å². The Labute approximate surface area is 129 Å². The summed E-state index contributed by atoms with van der Waals surface area (Å²) in [5, 5.41) is 6.62. The van der Waals surface area contributed by atoms with Crippen LogP contribution >= 0.6 is 0 Å². The summed E-state index contributed by atoms with van der Waals surface area (Å²) in [5.74, 6) is 0.439. The fourth-order valence-electron chi connectivity index (χ4n) is 2.74. The van der Waals surface area contributed by atoms with E-state index in [1.807, 2.05) is 30.3 Å². The first kappa shape index (κ1) is 14.9. The van der Waals surface area contributed by atoms with E-state index in [0.29, 0.717) is 19.5 Å². The number of rotatable bonds is 4. The fourth-order valence-corrected chi connectivity index (χ4v) is 4.60. The number of carbonyl (C=O) groups is 1. The van der Waals surface area contributed by atoms with E-state index in [-0.39, 0.29) is 23.5 Å². The number of aromatic amines is 1. The molecule has 118 valence electrons. The first-order valence-corrected chi connectivity index (χ1v) is 9.13. The molecule has 0 aliphatic carbocycles. The van der Waals surface area contributed by atoms with Crippen LogP contribution in [0.15, 0.2) is 30.3 Å². The van der Waals surface area contributed by atoms with Crippen molar-refractivity contribution in [1.82, 2.24) is 15.6 Å². The summed E-state index contributed by atoms with van der Waals surface area (Å²) in [6.45, 7) is 0.807. The second kappa shape index (κ2) is 6.00. The molecule has 2 aromatic rings. The molecule has 2 heterocycles. The van der Waals surface area contributed by atoms with Gasteiger partial charge in [0.15, 0.2) is 9.84 Å². The van der Waals surface area contributed by atoms with Crippen molar-refractivity contribution in [3.05, 3.63) is 36.0 Å². The van der Waals surface area contributed by atoms with Gasteiger partial charge in [-0.3, -0.25) is 0 Å². The highest BCUT2D eigenvalue weighted by Crippen LogP contribution is 2.17. The second-order valence-corrected chi connectivity index (χ2v) is 7.94. The van der Waals surface area contributed by atoms with E-state index < -0.39 is 9.84 Å². The van der Waals surface area contributed by atoms with Gasteiger partial charge in [-0.1, -0.05) is 18.2 Å². The molecule has 1 atom stereocenters. The minimum Gasteiger partial charge on any atom is -0.357 e. The van der Waals surface area contributed by atoms with E-state index in [9.17, 15) is 13.2 Å². The molecule has 1 aromatic carbocycles. The lowest BCUT2D eigenvalue weighted by atomic mass is 10.1. The predicted molar refractivity (Wildman–Crippen MR) is 85.3 cm³/mol. The number of benzene rings is 1. The quantitative estimate of drug-likeness (QED) is 0.795. The highest BCUT2D eigenvalue weighted by Gasteiger charge is 2.27. The van der Waals surface area contributed by atoms with Gasteiger partial charge in [0.2, 0.25) is 0 Å². The number of hydrogen-bond donors (Lipinski definition) is 3. The monoisotopic (exact) mass is 321 g/mol. The molecule has 3 N–H and O–H groups in total. The number of H-pyrrole nitrogens is 1. The van der Waals surface area contributed by atoms with Crippen LogP contribution < -0.4 is 10.6 Å². The van der Waals surface area contributed by atoms with Crippen LogP contribution in [0, 0.1) is 5.92 Å². The molecular formula is C15H19N3O3S. The third-order valence-electron chi connectivity index (χ3n) is 3.90. The van der Waals surface area contributed by atoms with Crippen molar-refractivity contribution in [1.29, 1.82) is 0 Å². The average molecular weight is 321 g/mol. The molecular weight excluding hydrogens is 302 g/mol. The van der Waals surface area contributed by atoms with Crippen LogP contribution in [0.5, 0.6) is 0 Å². The molecule has 7 heteroatoms. The van der Waals surface area contributed by atoms with Crippen molar-refractivity contribution in [2.75, 3.05) is 18.1 Å². The maximum absolute atomic E-state index is 11.8. The van der Waals surface area contributed by atoms with Crippen LogP contribution in [-0.2, 0) is 16.4 Å². The van der Waals surface area contributed by atoms with Crippen molar-refractivity contribution in [2.45, 2.75) is 13.0 Å². The summed E-state index contributed by atoms with van der Waals surface area (Å²) in [6, 6.07) is 9.64. The summed E-state index contributed by atoms with van der Waals surface area (Å²) in [7, 11) is -2.89. The number of urea groups is 1. The number of carbonyl (C=O) groups excluding carboxylic acids is 1. The van der Waals surface area contributed by atoms with Gasteiger partial charge in [0, 0.05) is 17.8 Å². The number of para-hydroxylation sites is 1. The Bertz CT molecular complexity index is 749. The predicted octanol–water partition coefficient (Wildman–Crippen LogP) is 1.40. The maximum atomic E-state index is 11.8. The summed E-state index contributed by atoms with van der Waals surface area (Å²) in [5.41, 5.74) is 1.97. The molecule has 22 heavy (non-hydrogen) atoms. The van der Waals surface area contributed by atoms with E-state index in [4.69, 9.17) is 0 Å². The van der Waals surface area contributed by atoms with Crippen LogP contribution in [-0.4, -0.2) is 37.5 Å². The van der Waals surface area contributed by atoms with Gasteiger partial charge in [-0.15, -0.1) is 0 Å². The van der Waals surface area contributed by atoms with Crippen LogP contribution in [0.4, 0.5) is 4.79 Å². The van der Waals surface area contributed by atoms with E-state index >= 15 is 0 Å². The van der Waals surface area contributed by atoms with Crippen LogP contribution in [0.1, 0.15) is 12.1 Å². The molecule has 6 nitrogen and oxygen atoms in total. The van der Waals surface area contributed by atoms with E-state index in [1.165, 1.54) is 0 Å². The molecule has 1 aliphatic heterocycles. The Morgan fingerprint density at radius 3 is 2.82 bits per heavy atom. The normalized spacial score (nSPS) is 20.1. The van der Waals surface area contributed by atoms with Crippen molar-refractivity contribution in [3.63, 3.8) is 0 Å². The SMILES string of the molecule is O=C(NCc1cc2ccccc2[nH]1)NC[C@H]1CCS(=O)(=O)C1. The largest absolute Gasteiger partial charge is 0.357 e. The standard InChI is InChI=1S/C15H19N3O3S/c19-15(16-8-11-5-6-22(20,21)10-11)17-9-13-7-12-3-1-2-4-14(12)18-13/h1-4,7,11,18H,5-6,8-10H2,(H2,16,17,19)/t11-/m1/s1. The topological polar surface area (TPSA) is 91.1 Å². The zero-order chi connectivity index (χ0) is 15.6. The first-order valence-electron chi connectivity index (χ1n) is 7.30. The van der Waals surface area contributed by atoms with Gasteiger partial charge in [0.1, 0.15) is 0 Å². The Kier molecular flexibility index (Phi) is 4.06. The minimum atomic E-state index is -2.89. The lowest BCUT2D eigenvalue weighted by Gasteiger charge is -2.10. The molecule has 3 rings (SSSR count). The van der Waals surface area contributed by atoms with Crippen LogP contribution in [0.3, 0.4) is 0 Å². The highest BCUT2D eigenvalue weighted by molar-refractivity contribution is 7.91. The third kappa shape index (κ3) is 3.59. The molecule has 1 aliphatic rings. The number of fused-ring (bicyclic) bond motifs is 1. The molecule has 0 saturated carbocycles. The molecule has 0 unspecified atom stereocenters. The highest BCUT2D eigenvalue weighted by atomic mass is 32.2. The molecule has 0 radical (unpaired) electrons. The van der Waals surface area contributed by atoms with Crippen molar-refractivity contribution in [2.24, 2.45) is 5.92 Å². The van der Waals surface area contributed by atoms with Gasteiger partial charge in [0.05, 0.1) is 18.1 Å². The molecule has 0 bridgehead atoms. The summed E-state index contributed by atoms with van der Waals surface area (Å²) < 4.78 is 22.7. The number of sulfone groups is 1. The number of amides is 2. The molecule has 1 saturated heterocycles. The molecule has 0 spiro atoms. The minimum absolute atomic E-state index is 0.0313. The maximum Gasteiger partial charge on any atom is 0.315 e. The van der Waals surface area contributed by atoms with Gasteiger partial charge in [0.25, 0.3) is 0 Å². The lowest BCUT2D eigenvalue weighted by molar-refractivity contribution is 0.239. The van der Waals surface area contributed by atoms with Gasteiger partial charge in [-0.05, 0) is 29.9 Å². The summed E-state index contributed by atoms with van der Waals surface area (Å²) >= 11 is 0. The lowest BCUT2D eigenvalue weighted by Crippen LogP contribution is -2.38. The molecule has 1 fully saturated rings. The first-order chi connectivity index (χ1) is 10.5. The average Bonchev–Trinajstić information content (AvgIpc) is 3.05. The Morgan fingerprint density at radius 2 is 2.09 bits per heavy atom. The summed E-state index contributed by atoms with van der Waals surface area (Å²) in [4.78, 5) is 15.0. The smallest absolute Gasteiger partial charge is 0.315 e. The second-order valence-electron chi connectivity index (χ2n) is 5.71.